The minimum absolute atomic E-state index is 0.235. The Morgan fingerprint density at radius 1 is 1.15 bits per heavy atom. The van der Waals surface area contributed by atoms with E-state index >= 15 is 0 Å². The van der Waals surface area contributed by atoms with Gasteiger partial charge in [0.05, 0.1) is 23.0 Å². The summed E-state index contributed by atoms with van der Waals surface area (Å²) in [4.78, 5) is 12.4. The van der Waals surface area contributed by atoms with E-state index < -0.39 is 15.9 Å². The van der Waals surface area contributed by atoms with Crippen LogP contribution in [0.2, 0.25) is 5.02 Å². The minimum Gasteiger partial charge on any atom is -0.348 e. The second-order valence-electron chi connectivity index (χ2n) is 6.11. The van der Waals surface area contributed by atoms with E-state index in [2.05, 4.69) is 12.2 Å². The quantitative estimate of drug-likeness (QED) is 0.780. The number of anilines is 1. The standard InChI is InChI=1S/C19H23ClN2O3S/c1-4-15-9-11-16(12-10-15)14(2)21-19(23)13-22(26(3,24)25)18-8-6-5-7-17(18)20/h5-12,14H,4,13H2,1-3H3,(H,21,23)/t14-/m1/s1. The van der Waals surface area contributed by atoms with Crippen molar-refractivity contribution < 1.29 is 13.2 Å². The van der Waals surface area contributed by atoms with Crippen LogP contribution in [-0.4, -0.2) is 27.1 Å². The van der Waals surface area contributed by atoms with Gasteiger partial charge in [0.2, 0.25) is 15.9 Å². The van der Waals surface area contributed by atoms with E-state index in [1.807, 2.05) is 31.2 Å². The first-order chi connectivity index (χ1) is 12.2. The van der Waals surface area contributed by atoms with Crippen molar-refractivity contribution in [1.82, 2.24) is 5.32 Å². The smallest absolute Gasteiger partial charge is 0.241 e. The summed E-state index contributed by atoms with van der Waals surface area (Å²) in [5.74, 6) is -0.401. The number of sulfonamides is 1. The van der Waals surface area contributed by atoms with Crippen LogP contribution in [0.15, 0.2) is 48.5 Å². The Labute approximate surface area is 160 Å². The lowest BCUT2D eigenvalue weighted by molar-refractivity contribution is -0.120. The van der Waals surface area contributed by atoms with E-state index in [-0.39, 0.29) is 23.3 Å². The summed E-state index contributed by atoms with van der Waals surface area (Å²) < 4.78 is 25.3. The normalized spacial score (nSPS) is 12.5. The lowest BCUT2D eigenvalue weighted by atomic mass is 10.1. The highest BCUT2D eigenvalue weighted by atomic mass is 35.5. The molecule has 1 N–H and O–H groups in total. The number of nitrogens with zero attached hydrogens (tertiary/aromatic N) is 1. The average molecular weight is 395 g/mol. The van der Waals surface area contributed by atoms with Crippen molar-refractivity contribution in [2.24, 2.45) is 0 Å². The van der Waals surface area contributed by atoms with Gasteiger partial charge in [-0.25, -0.2) is 8.42 Å². The van der Waals surface area contributed by atoms with Crippen molar-refractivity contribution in [3.8, 4) is 0 Å². The van der Waals surface area contributed by atoms with Crippen LogP contribution in [0, 0.1) is 0 Å². The number of aryl methyl sites for hydroxylation is 1. The molecule has 1 amide bonds. The van der Waals surface area contributed by atoms with E-state index in [0.717, 1.165) is 22.5 Å². The Balaban J connectivity index is 2.13. The van der Waals surface area contributed by atoms with Gasteiger partial charge in [-0.1, -0.05) is 54.9 Å². The number of benzene rings is 2. The SMILES string of the molecule is CCc1ccc([C@@H](C)NC(=O)CN(c2ccccc2Cl)S(C)(=O)=O)cc1. The molecule has 0 saturated heterocycles. The van der Waals surface area contributed by atoms with Crippen molar-refractivity contribution in [3.63, 3.8) is 0 Å². The summed E-state index contributed by atoms with van der Waals surface area (Å²) in [5.41, 5.74) is 2.46. The van der Waals surface area contributed by atoms with Gasteiger partial charge in [-0.2, -0.15) is 0 Å². The predicted octanol–water partition coefficient (Wildman–Crippen LogP) is 3.55. The van der Waals surface area contributed by atoms with Crippen molar-refractivity contribution in [1.29, 1.82) is 0 Å². The predicted molar refractivity (Wildman–Crippen MR) is 106 cm³/mol. The Kier molecular flexibility index (Phi) is 6.67. The molecule has 1 atom stereocenters. The first-order valence-corrected chi connectivity index (χ1v) is 10.6. The molecule has 2 rings (SSSR count). The number of hydrogen-bond donors (Lipinski definition) is 1. The molecule has 0 aromatic heterocycles. The van der Waals surface area contributed by atoms with Crippen LogP contribution < -0.4 is 9.62 Å². The van der Waals surface area contributed by atoms with Gasteiger partial charge in [0.15, 0.2) is 0 Å². The van der Waals surface area contributed by atoms with Crippen LogP contribution in [0.3, 0.4) is 0 Å². The summed E-state index contributed by atoms with van der Waals surface area (Å²) in [6.45, 7) is 3.60. The summed E-state index contributed by atoms with van der Waals surface area (Å²) in [6.07, 6.45) is 2.00. The topological polar surface area (TPSA) is 66.5 Å². The van der Waals surface area contributed by atoms with Gasteiger partial charge in [-0.15, -0.1) is 0 Å². The molecule has 0 aliphatic carbocycles. The lowest BCUT2D eigenvalue weighted by Crippen LogP contribution is -2.41. The fourth-order valence-corrected chi connectivity index (χ4v) is 3.73. The summed E-state index contributed by atoms with van der Waals surface area (Å²) in [6, 6.07) is 14.3. The first-order valence-electron chi connectivity index (χ1n) is 8.32. The highest BCUT2D eigenvalue weighted by Crippen LogP contribution is 2.27. The molecule has 0 radical (unpaired) electrons. The van der Waals surface area contributed by atoms with Crippen LogP contribution in [0.5, 0.6) is 0 Å². The summed E-state index contributed by atoms with van der Waals surface area (Å²) in [7, 11) is -3.66. The zero-order valence-corrected chi connectivity index (χ0v) is 16.6. The largest absolute Gasteiger partial charge is 0.348 e. The van der Waals surface area contributed by atoms with Crippen LogP contribution in [-0.2, 0) is 21.2 Å². The zero-order chi connectivity index (χ0) is 19.3. The Bertz CT molecular complexity index is 867. The maximum atomic E-state index is 12.4. The molecule has 0 bridgehead atoms. The van der Waals surface area contributed by atoms with Crippen LogP contribution in [0.25, 0.3) is 0 Å². The maximum absolute atomic E-state index is 12.4. The Morgan fingerprint density at radius 2 is 1.77 bits per heavy atom. The van der Waals surface area contributed by atoms with Crippen molar-refractivity contribution >= 4 is 33.2 Å². The van der Waals surface area contributed by atoms with Gasteiger partial charge in [0.1, 0.15) is 6.54 Å². The van der Waals surface area contributed by atoms with E-state index in [9.17, 15) is 13.2 Å². The summed E-state index contributed by atoms with van der Waals surface area (Å²) in [5, 5.41) is 3.11. The van der Waals surface area contributed by atoms with Crippen molar-refractivity contribution in [2.75, 3.05) is 17.1 Å². The number of halogens is 1. The highest BCUT2D eigenvalue weighted by Gasteiger charge is 2.23. The van der Waals surface area contributed by atoms with E-state index in [1.54, 1.807) is 24.3 Å². The molecule has 0 saturated carbocycles. The third-order valence-corrected chi connectivity index (χ3v) is 5.52. The highest BCUT2D eigenvalue weighted by molar-refractivity contribution is 7.92. The molecule has 0 heterocycles. The molecule has 0 unspecified atom stereocenters. The zero-order valence-electron chi connectivity index (χ0n) is 15.1. The van der Waals surface area contributed by atoms with E-state index in [1.165, 1.54) is 5.56 Å². The van der Waals surface area contributed by atoms with Gasteiger partial charge in [0, 0.05) is 0 Å². The molecule has 2 aromatic rings. The molecule has 0 aliphatic rings. The molecule has 0 aliphatic heterocycles. The number of carbonyl (C=O) groups is 1. The van der Waals surface area contributed by atoms with Crippen LogP contribution in [0.1, 0.15) is 31.0 Å². The Hall–Kier alpha value is -2.05. The van der Waals surface area contributed by atoms with E-state index in [0.29, 0.717) is 0 Å². The lowest BCUT2D eigenvalue weighted by Gasteiger charge is -2.24. The van der Waals surface area contributed by atoms with Crippen molar-refractivity contribution in [2.45, 2.75) is 26.3 Å². The molecule has 140 valence electrons. The second kappa shape index (κ2) is 8.56. The molecular formula is C19H23ClN2O3S. The molecule has 26 heavy (non-hydrogen) atoms. The summed E-state index contributed by atoms with van der Waals surface area (Å²) >= 11 is 6.10. The minimum atomic E-state index is -3.66. The Morgan fingerprint density at radius 3 is 2.31 bits per heavy atom. The molecule has 0 spiro atoms. The van der Waals surface area contributed by atoms with Crippen molar-refractivity contribution in [3.05, 3.63) is 64.7 Å². The van der Waals surface area contributed by atoms with Crippen LogP contribution >= 0.6 is 11.6 Å². The fourth-order valence-electron chi connectivity index (χ4n) is 2.58. The van der Waals surface area contributed by atoms with E-state index in [4.69, 9.17) is 11.6 Å². The van der Waals surface area contributed by atoms with Gasteiger partial charge < -0.3 is 5.32 Å². The number of nitrogens with one attached hydrogen (secondary N) is 1. The molecule has 7 heteroatoms. The first kappa shape index (κ1) is 20.3. The van der Waals surface area contributed by atoms with Crippen LogP contribution in [0.4, 0.5) is 5.69 Å². The van der Waals surface area contributed by atoms with Gasteiger partial charge in [0.25, 0.3) is 0 Å². The average Bonchev–Trinajstić information content (AvgIpc) is 2.59. The number of amides is 1. The number of carbonyl (C=O) groups excluding carboxylic acids is 1. The molecular weight excluding hydrogens is 372 g/mol. The molecule has 5 nitrogen and oxygen atoms in total. The van der Waals surface area contributed by atoms with Gasteiger partial charge in [-0.05, 0) is 36.6 Å². The number of hydrogen-bond acceptors (Lipinski definition) is 3. The maximum Gasteiger partial charge on any atom is 0.241 e. The molecule has 2 aromatic carbocycles. The monoisotopic (exact) mass is 394 g/mol. The third-order valence-electron chi connectivity index (χ3n) is 4.07. The van der Waals surface area contributed by atoms with Gasteiger partial charge >= 0.3 is 0 Å². The fraction of sp³-hybridized carbons (Fsp3) is 0.316. The third kappa shape index (κ3) is 5.22. The molecule has 0 fully saturated rings. The number of rotatable bonds is 7. The number of para-hydroxylation sites is 1. The van der Waals surface area contributed by atoms with Gasteiger partial charge in [-0.3, -0.25) is 9.10 Å². The second-order valence-corrected chi connectivity index (χ2v) is 8.42.